The highest BCUT2D eigenvalue weighted by Gasteiger charge is 2.34. The van der Waals surface area contributed by atoms with Crippen molar-refractivity contribution in [3.8, 4) is 11.1 Å². The summed E-state index contributed by atoms with van der Waals surface area (Å²) in [4.78, 5) is 0. The standard InChI is InChI=1S/C14H16ClN3O2S/c15-10-6-2-1-5-9(10)12-13(17-18-14(12)16)11-7-3-4-8-21(11,19)20/h1-2,5-6,11H,3-4,7-8H2,(H3,16,17,18). The molecule has 0 amide bonds. The van der Waals surface area contributed by atoms with Crippen molar-refractivity contribution >= 4 is 27.3 Å². The smallest absolute Gasteiger partial charge is 0.158 e. The zero-order chi connectivity index (χ0) is 15.0. The van der Waals surface area contributed by atoms with Crippen LogP contribution in [0.1, 0.15) is 30.2 Å². The largest absolute Gasteiger partial charge is 0.382 e. The minimum absolute atomic E-state index is 0.207. The molecule has 5 nitrogen and oxygen atoms in total. The Kier molecular flexibility index (Phi) is 3.67. The molecule has 1 aromatic carbocycles. The number of nitrogens with two attached hydrogens (primary N) is 1. The molecule has 112 valence electrons. The highest BCUT2D eigenvalue weighted by atomic mass is 35.5. The van der Waals surface area contributed by atoms with Gasteiger partial charge in [-0.25, -0.2) is 8.42 Å². The van der Waals surface area contributed by atoms with Crippen molar-refractivity contribution in [1.29, 1.82) is 0 Å². The zero-order valence-corrected chi connectivity index (χ0v) is 12.9. The summed E-state index contributed by atoms with van der Waals surface area (Å²) in [6.45, 7) is 0. The Labute approximate surface area is 128 Å². The quantitative estimate of drug-likeness (QED) is 0.888. The number of benzene rings is 1. The molecule has 1 aliphatic rings. The van der Waals surface area contributed by atoms with Gasteiger partial charge in [0, 0.05) is 16.1 Å². The van der Waals surface area contributed by atoms with Crippen LogP contribution in [0.25, 0.3) is 11.1 Å². The molecular formula is C14H16ClN3O2S. The molecule has 0 aliphatic carbocycles. The van der Waals surface area contributed by atoms with E-state index in [0.717, 1.165) is 6.42 Å². The number of rotatable bonds is 2. The van der Waals surface area contributed by atoms with Gasteiger partial charge >= 0.3 is 0 Å². The van der Waals surface area contributed by atoms with E-state index >= 15 is 0 Å². The molecule has 1 atom stereocenters. The average molecular weight is 326 g/mol. The van der Waals surface area contributed by atoms with Crippen LogP contribution in [0.15, 0.2) is 24.3 Å². The van der Waals surface area contributed by atoms with E-state index < -0.39 is 15.1 Å². The number of nitrogen functional groups attached to an aromatic ring is 1. The first-order valence-electron chi connectivity index (χ1n) is 6.81. The normalized spacial score (nSPS) is 21.3. The molecule has 1 aromatic heterocycles. The van der Waals surface area contributed by atoms with Crippen LogP contribution in [0, 0.1) is 0 Å². The van der Waals surface area contributed by atoms with Gasteiger partial charge in [-0.3, -0.25) is 5.10 Å². The number of aromatic nitrogens is 2. The average Bonchev–Trinajstić information content (AvgIpc) is 2.80. The number of anilines is 1. The third-order valence-electron chi connectivity index (χ3n) is 3.87. The van der Waals surface area contributed by atoms with E-state index in [2.05, 4.69) is 10.2 Å². The second-order valence-electron chi connectivity index (χ2n) is 5.23. The van der Waals surface area contributed by atoms with Gasteiger partial charge in [0.05, 0.1) is 11.4 Å². The zero-order valence-electron chi connectivity index (χ0n) is 11.3. The topological polar surface area (TPSA) is 88.8 Å². The van der Waals surface area contributed by atoms with E-state index in [9.17, 15) is 8.42 Å². The summed E-state index contributed by atoms with van der Waals surface area (Å²) < 4.78 is 24.7. The molecule has 1 saturated heterocycles. The molecule has 0 bridgehead atoms. The van der Waals surface area contributed by atoms with Gasteiger partial charge in [0.1, 0.15) is 5.25 Å². The van der Waals surface area contributed by atoms with Crippen LogP contribution in [-0.4, -0.2) is 24.4 Å². The Hall–Kier alpha value is -1.53. The van der Waals surface area contributed by atoms with Crippen molar-refractivity contribution in [3.05, 3.63) is 35.0 Å². The van der Waals surface area contributed by atoms with Crippen molar-refractivity contribution in [2.45, 2.75) is 24.5 Å². The highest BCUT2D eigenvalue weighted by molar-refractivity contribution is 7.91. The van der Waals surface area contributed by atoms with Crippen molar-refractivity contribution in [2.24, 2.45) is 0 Å². The molecule has 0 spiro atoms. The van der Waals surface area contributed by atoms with Crippen molar-refractivity contribution < 1.29 is 8.42 Å². The molecule has 1 unspecified atom stereocenters. The summed E-state index contributed by atoms with van der Waals surface area (Å²) in [6, 6.07) is 7.23. The number of hydrogen-bond donors (Lipinski definition) is 2. The van der Waals surface area contributed by atoms with E-state index in [1.165, 1.54) is 0 Å². The summed E-state index contributed by atoms with van der Waals surface area (Å²) >= 11 is 6.22. The fourth-order valence-electron chi connectivity index (χ4n) is 2.83. The highest BCUT2D eigenvalue weighted by Crippen LogP contribution is 2.41. The van der Waals surface area contributed by atoms with Gasteiger partial charge in [0.2, 0.25) is 0 Å². The predicted octanol–water partition coefficient (Wildman–Crippen LogP) is 2.95. The van der Waals surface area contributed by atoms with Crippen molar-refractivity contribution in [1.82, 2.24) is 10.2 Å². The van der Waals surface area contributed by atoms with Gasteiger partial charge in [-0.05, 0) is 18.9 Å². The molecule has 0 saturated carbocycles. The number of nitrogens with one attached hydrogen (secondary N) is 1. The monoisotopic (exact) mass is 325 g/mol. The first kappa shape index (κ1) is 14.4. The molecule has 7 heteroatoms. The van der Waals surface area contributed by atoms with E-state index in [1.807, 2.05) is 18.2 Å². The van der Waals surface area contributed by atoms with Crippen LogP contribution in [0.4, 0.5) is 5.82 Å². The molecule has 2 heterocycles. The Bertz CT molecular complexity index is 770. The Morgan fingerprint density at radius 1 is 1.29 bits per heavy atom. The van der Waals surface area contributed by atoms with Gasteiger partial charge in [-0.2, -0.15) is 5.10 Å². The number of aromatic amines is 1. The van der Waals surface area contributed by atoms with Gasteiger partial charge in [-0.15, -0.1) is 0 Å². The van der Waals surface area contributed by atoms with E-state index in [4.69, 9.17) is 17.3 Å². The number of sulfone groups is 1. The van der Waals surface area contributed by atoms with Crippen LogP contribution < -0.4 is 5.73 Å². The fraction of sp³-hybridized carbons (Fsp3) is 0.357. The maximum Gasteiger partial charge on any atom is 0.158 e. The number of halogens is 1. The Balaban J connectivity index is 2.16. The van der Waals surface area contributed by atoms with Crippen LogP contribution in [0.5, 0.6) is 0 Å². The number of hydrogen-bond acceptors (Lipinski definition) is 4. The Morgan fingerprint density at radius 3 is 2.76 bits per heavy atom. The first-order valence-corrected chi connectivity index (χ1v) is 8.90. The molecule has 21 heavy (non-hydrogen) atoms. The fourth-order valence-corrected chi connectivity index (χ4v) is 5.01. The van der Waals surface area contributed by atoms with Gasteiger partial charge in [-0.1, -0.05) is 36.2 Å². The van der Waals surface area contributed by atoms with Crippen molar-refractivity contribution in [2.75, 3.05) is 11.5 Å². The number of nitrogens with zero attached hydrogens (tertiary/aromatic N) is 1. The molecule has 3 N–H and O–H groups in total. The molecule has 1 fully saturated rings. The van der Waals surface area contributed by atoms with Crippen LogP contribution >= 0.6 is 11.6 Å². The second kappa shape index (κ2) is 5.35. The maximum absolute atomic E-state index is 12.3. The Morgan fingerprint density at radius 2 is 2.05 bits per heavy atom. The third kappa shape index (κ3) is 2.53. The van der Waals surface area contributed by atoms with Crippen LogP contribution in [0.3, 0.4) is 0 Å². The van der Waals surface area contributed by atoms with Gasteiger partial charge in [0.25, 0.3) is 0 Å². The minimum atomic E-state index is -3.18. The summed E-state index contributed by atoms with van der Waals surface area (Å²) in [6.07, 6.45) is 2.18. The SMILES string of the molecule is Nc1n[nH]c(C2CCCCS2(=O)=O)c1-c1ccccc1Cl. The molecular weight excluding hydrogens is 310 g/mol. The summed E-state index contributed by atoms with van der Waals surface area (Å²) in [5.74, 6) is 0.484. The van der Waals surface area contributed by atoms with Crippen LogP contribution in [-0.2, 0) is 9.84 Å². The number of H-pyrrole nitrogens is 1. The van der Waals surface area contributed by atoms with E-state index in [-0.39, 0.29) is 11.6 Å². The molecule has 1 aliphatic heterocycles. The van der Waals surface area contributed by atoms with E-state index in [0.29, 0.717) is 34.7 Å². The second-order valence-corrected chi connectivity index (χ2v) is 7.94. The third-order valence-corrected chi connectivity index (χ3v) is 6.39. The molecule has 0 radical (unpaired) electrons. The summed E-state index contributed by atoms with van der Waals surface area (Å²) in [7, 11) is -3.18. The lowest BCUT2D eigenvalue weighted by Gasteiger charge is -2.22. The summed E-state index contributed by atoms with van der Waals surface area (Å²) in [5, 5.41) is 6.76. The minimum Gasteiger partial charge on any atom is -0.382 e. The predicted molar refractivity (Wildman–Crippen MR) is 83.8 cm³/mol. The van der Waals surface area contributed by atoms with Crippen molar-refractivity contribution in [3.63, 3.8) is 0 Å². The lowest BCUT2D eigenvalue weighted by Crippen LogP contribution is -2.22. The molecule has 3 rings (SSSR count). The summed E-state index contributed by atoms with van der Waals surface area (Å²) in [5.41, 5.74) is 7.81. The van der Waals surface area contributed by atoms with Crippen LogP contribution in [0.2, 0.25) is 5.02 Å². The maximum atomic E-state index is 12.3. The lowest BCUT2D eigenvalue weighted by molar-refractivity contribution is 0.542. The first-order chi connectivity index (χ1) is 10.0. The molecule has 2 aromatic rings. The lowest BCUT2D eigenvalue weighted by atomic mass is 10.0. The van der Waals surface area contributed by atoms with Gasteiger partial charge in [0.15, 0.2) is 15.7 Å². The van der Waals surface area contributed by atoms with E-state index in [1.54, 1.807) is 6.07 Å². The van der Waals surface area contributed by atoms with Gasteiger partial charge < -0.3 is 5.73 Å².